The monoisotopic (exact) mass is 331 g/mol. The van der Waals surface area contributed by atoms with Crippen molar-refractivity contribution < 1.29 is 14.1 Å². The van der Waals surface area contributed by atoms with Crippen molar-refractivity contribution in [2.45, 2.75) is 27.3 Å². The third-order valence-electron chi connectivity index (χ3n) is 3.74. The van der Waals surface area contributed by atoms with Crippen LogP contribution in [0.2, 0.25) is 0 Å². The second-order valence-corrected chi connectivity index (χ2v) is 5.75. The summed E-state index contributed by atoms with van der Waals surface area (Å²) < 4.78 is 10.6. The van der Waals surface area contributed by atoms with Crippen LogP contribution in [0.15, 0.2) is 28.8 Å². The van der Waals surface area contributed by atoms with Gasteiger partial charge in [0, 0.05) is 31.8 Å². The largest absolute Gasteiger partial charge is 0.383 e. The highest BCUT2D eigenvalue weighted by molar-refractivity contribution is 5.74. The Bertz CT molecular complexity index is 682. The van der Waals surface area contributed by atoms with Crippen LogP contribution in [0.5, 0.6) is 0 Å². The van der Waals surface area contributed by atoms with E-state index in [0.29, 0.717) is 37.7 Å². The number of carbonyl (C=O) groups is 1. The second kappa shape index (κ2) is 8.49. The number of amides is 2. The first-order valence-corrected chi connectivity index (χ1v) is 8.10. The van der Waals surface area contributed by atoms with Crippen LogP contribution >= 0.6 is 0 Å². The molecule has 1 aromatic carbocycles. The number of aromatic nitrogens is 1. The SMILES string of the molecule is CCNC(=O)N(CCOC)Cc1cc(-c2ccc(C)cc2C)on1. The molecule has 0 saturated heterocycles. The summed E-state index contributed by atoms with van der Waals surface area (Å²) in [6, 6.07) is 7.94. The van der Waals surface area contributed by atoms with E-state index >= 15 is 0 Å². The van der Waals surface area contributed by atoms with Gasteiger partial charge < -0.3 is 19.5 Å². The molecule has 2 rings (SSSR count). The Morgan fingerprint density at radius 2 is 2.12 bits per heavy atom. The van der Waals surface area contributed by atoms with Crippen molar-refractivity contribution in [1.29, 1.82) is 0 Å². The fourth-order valence-electron chi connectivity index (χ4n) is 2.52. The molecular weight excluding hydrogens is 306 g/mol. The third-order valence-corrected chi connectivity index (χ3v) is 3.74. The summed E-state index contributed by atoms with van der Waals surface area (Å²) in [4.78, 5) is 13.8. The highest BCUT2D eigenvalue weighted by Crippen LogP contribution is 2.25. The lowest BCUT2D eigenvalue weighted by atomic mass is 10.0. The lowest BCUT2D eigenvalue weighted by Crippen LogP contribution is -2.41. The third kappa shape index (κ3) is 4.58. The van der Waals surface area contributed by atoms with Gasteiger partial charge in [0.1, 0.15) is 5.69 Å². The maximum atomic E-state index is 12.1. The first-order valence-electron chi connectivity index (χ1n) is 8.10. The molecule has 0 aliphatic heterocycles. The average molecular weight is 331 g/mol. The van der Waals surface area contributed by atoms with Gasteiger partial charge in [-0.1, -0.05) is 28.9 Å². The van der Waals surface area contributed by atoms with E-state index in [0.717, 1.165) is 11.1 Å². The predicted molar refractivity (Wildman–Crippen MR) is 92.8 cm³/mol. The lowest BCUT2D eigenvalue weighted by Gasteiger charge is -2.21. The first-order chi connectivity index (χ1) is 11.5. The van der Waals surface area contributed by atoms with E-state index in [9.17, 15) is 4.79 Å². The molecule has 1 aromatic heterocycles. The van der Waals surface area contributed by atoms with Gasteiger partial charge in [-0.15, -0.1) is 0 Å². The van der Waals surface area contributed by atoms with Crippen LogP contribution in [0.4, 0.5) is 4.79 Å². The molecule has 0 atom stereocenters. The Hall–Kier alpha value is -2.34. The van der Waals surface area contributed by atoms with Crippen molar-refractivity contribution in [3.63, 3.8) is 0 Å². The minimum Gasteiger partial charge on any atom is -0.383 e. The van der Waals surface area contributed by atoms with Crippen LogP contribution in [-0.2, 0) is 11.3 Å². The topological polar surface area (TPSA) is 67.6 Å². The quantitative estimate of drug-likeness (QED) is 0.846. The molecule has 0 radical (unpaired) electrons. The minimum absolute atomic E-state index is 0.134. The first kappa shape index (κ1) is 18.0. The average Bonchev–Trinajstić information content (AvgIpc) is 2.99. The van der Waals surface area contributed by atoms with Crippen molar-refractivity contribution in [2.24, 2.45) is 0 Å². The van der Waals surface area contributed by atoms with Crippen LogP contribution in [-0.4, -0.2) is 42.9 Å². The van der Waals surface area contributed by atoms with Gasteiger partial charge in [-0.25, -0.2) is 4.79 Å². The van der Waals surface area contributed by atoms with E-state index in [4.69, 9.17) is 9.26 Å². The number of carbonyl (C=O) groups excluding carboxylic acids is 1. The highest BCUT2D eigenvalue weighted by Gasteiger charge is 2.16. The molecule has 130 valence electrons. The van der Waals surface area contributed by atoms with Gasteiger partial charge in [-0.2, -0.15) is 0 Å². The molecule has 6 nitrogen and oxygen atoms in total. The number of ether oxygens (including phenoxy) is 1. The van der Waals surface area contributed by atoms with Crippen molar-refractivity contribution >= 4 is 6.03 Å². The molecular formula is C18H25N3O3. The summed E-state index contributed by atoms with van der Waals surface area (Å²) >= 11 is 0. The van der Waals surface area contributed by atoms with Crippen LogP contribution in [0, 0.1) is 13.8 Å². The predicted octanol–water partition coefficient (Wildman–Crippen LogP) is 3.14. The number of nitrogens with one attached hydrogen (secondary N) is 1. The molecule has 1 N–H and O–H groups in total. The smallest absolute Gasteiger partial charge is 0.317 e. The number of methoxy groups -OCH3 is 1. The molecule has 0 unspecified atom stereocenters. The molecule has 0 fully saturated rings. The summed E-state index contributed by atoms with van der Waals surface area (Å²) in [5.74, 6) is 0.713. The Morgan fingerprint density at radius 3 is 2.79 bits per heavy atom. The van der Waals surface area contributed by atoms with E-state index in [2.05, 4.69) is 23.5 Å². The Labute approximate surface area is 142 Å². The number of aryl methyl sites for hydroxylation is 2. The zero-order chi connectivity index (χ0) is 17.5. The van der Waals surface area contributed by atoms with Gasteiger partial charge in [0.25, 0.3) is 0 Å². The molecule has 2 aromatic rings. The van der Waals surface area contributed by atoms with Crippen LogP contribution in [0.25, 0.3) is 11.3 Å². The Balaban J connectivity index is 2.14. The van der Waals surface area contributed by atoms with Crippen molar-refractivity contribution in [1.82, 2.24) is 15.4 Å². The normalized spacial score (nSPS) is 10.7. The summed E-state index contributed by atoms with van der Waals surface area (Å²) in [6.07, 6.45) is 0. The standard InChI is InChI=1S/C18H25N3O3/c1-5-19-18(22)21(8-9-23-4)12-15-11-17(24-20-15)16-7-6-13(2)10-14(16)3/h6-7,10-11H,5,8-9,12H2,1-4H3,(H,19,22). The Morgan fingerprint density at radius 1 is 1.33 bits per heavy atom. The number of nitrogens with zero attached hydrogens (tertiary/aromatic N) is 2. The number of hydrogen-bond acceptors (Lipinski definition) is 4. The zero-order valence-electron chi connectivity index (χ0n) is 14.8. The molecule has 0 aliphatic carbocycles. The van der Waals surface area contributed by atoms with Crippen LogP contribution in [0.1, 0.15) is 23.7 Å². The molecule has 1 heterocycles. The zero-order valence-corrected chi connectivity index (χ0v) is 14.8. The van der Waals surface area contributed by atoms with Crippen molar-refractivity contribution in [3.8, 4) is 11.3 Å². The maximum absolute atomic E-state index is 12.1. The summed E-state index contributed by atoms with van der Waals surface area (Å²) in [5.41, 5.74) is 4.07. The fraction of sp³-hybridized carbons (Fsp3) is 0.444. The molecule has 0 spiro atoms. The van der Waals surface area contributed by atoms with Crippen molar-refractivity contribution in [2.75, 3.05) is 26.8 Å². The number of benzene rings is 1. The van der Waals surface area contributed by atoms with Gasteiger partial charge in [0.05, 0.1) is 13.2 Å². The van der Waals surface area contributed by atoms with E-state index in [1.807, 2.05) is 32.0 Å². The summed E-state index contributed by atoms with van der Waals surface area (Å²) in [5, 5.41) is 6.91. The Kier molecular flexibility index (Phi) is 6.37. The van der Waals surface area contributed by atoms with E-state index in [1.54, 1.807) is 12.0 Å². The van der Waals surface area contributed by atoms with E-state index < -0.39 is 0 Å². The van der Waals surface area contributed by atoms with Gasteiger partial charge in [-0.05, 0) is 26.3 Å². The maximum Gasteiger partial charge on any atom is 0.317 e. The van der Waals surface area contributed by atoms with Gasteiger partial charge in [-0.3, -0.25) is 0 Å². The molecule has 0 saturated carbocycles. The number of hydrogen-bond donors (Lipinski definition) is 1. The summed E-state index contributed by atoms with van der Waals surface area (Å²) in [6.45, 7) is 7.92. The van der Waals surface area contributed by atoms with E-state index in [1.165, 1.54) is 5.56 Å². The molecule has 6 heteroatoms. The number of rotatable bonds is 7. The molecule has 2 amide bonds. The highest BCUT2D eigenvalue weighted by atomic mass is 16.5. The summed E-state index contributed by atoms with van der Waals surface area (Å²) in [7, 11) is 1.62. The number of urea groups is 1. The molecule has 0 bridgehead atoms. The van der Waals surface area contributed by atoms with Crippen LogP contribution in [0.3, 0.4) is 0 Å². The van der Waals surface area contributed by atoms with Gasteiger partial charge in [0.15, 0.2) is 5.76 Å². The van der Waals surface area contributed by atoms with Gasteiger partial charge >= 0.3 is 6.03 Å². The molecule has 24 heavy (non-hydrogen) atoms. The molecule has 0 aliphatic rings. The minimum atomic E-state index is -0.134. The second-order valence-electron chi connectivity index (χ2n) is 5.75. The van der Waals surface area contributed by atoms with Gasteiger partial charge in [0.2, 0.25) is 0 Å². The van der Waals surface area contributed by atoms with E-state index in [-0.39, 0.29) is 6.03 Å². The van der Waals surface area contributed by atoms with Crippen molar-refractivity contribution in [3.05, 3.63) is 41.1 Å². The fourth-order valence-corrected chi connectivity index (χ4v) is 2.52. The van der Waals surface area contributed by atoms with Crippen LogP contribution < -0.4 is 5.32 Å². The lowest BCUT2D eigenvalue weighted by molar-refractivity contribution is 0.145.